The van der Waals surface area contributed by atoms with Crippen LogP contribution >= 0.6 is 0 Å². The van der Waals surface area contributed by atoms with Crippen LogP contribution in [-0.2, 0) is 4.79 Å². The van der Waals surface area contributed by atoms with Crippen LogP contribution in [0.25, 0.3) is 0 Å². The first kappa shape index (κ1) is 29.9. The number of hydrogen-bond acceptors (Lipinski definition) is 8. The minimum absolute atomic E-state index is 0.0136. The zero-order valence-corrected chi connectivity index (χ0v) is 22.4. The van der Waals surface area contributed by atoms with Crippen molar-refractivity contribution in [3.05, 3.63) is 36.0 Å². The number of rotatable bonds is 10. The fourth-order valence-corrected chi connectivity index (χ4v) is 4.19. The third-order valence-electron chi connectivity index (χ3n) is 6.10. The van der Waals surface area contributed by atoms with Gasteiger partial charge in [-0.1, -0.05) is 6.92 Å². The molecular weight excluding hydrogens is 517 g/mol. The molecule has 0 radical (unpaired) electrons. The fourth-order valence-electron chi connectivity index (χ4n) is 4.19. The molecule has 1 aromatic heterocycles. The minimum Gasteiger partial charge on any atom is -0.406 e. The predicted octanol–water partition coefficient (Wildman–Crippen LogP) is 3.13. The van der Waals surface area contributed by atoms with Crippen molar-refractivity contribution in [2.75, 3.05) is 62.8 Å². The normalized spacial score (nSPS) is 17.9. The monoisotopic (exact) mass is 552 g/mol. The Hall–Kier alpha value is -3.65. The number of nitrogens with one attached hydrogen (secondary N) is 4. The molecule has 2 unspecified atom stereocenters. The summed E-state index contributed by atoms with van der Waals surface area (Å²) in [6, 6.07) is 5.58. The number of carbonyl (C=O) groups is 2. The number of carbonyl (C=O) groups excluding carboxylic acids is 2. The van der Waals surface area contributed by atoms with Crippen molar-refractivity contribution in [1.29, 1.82) is 0 Å². The SMILES string of the molecule is CCN1CCC(C(=O)NCCN(C)C)C(Nc2cc(C)nc(NC(=O)Nc3ccc(OC(F)(F)F)cc3)n2)C1. The highest BCUT2D eigenvalue weighted by molar-refractivity contribution is 5.98. The molecule has 11 nitrogen and oxygen atoms in total. The van der Waals surface area contributed by atoms with E-state index in [0.717, 1.165) is 31.8 Å². The molecule has 1 saturated heterocycles. The fraction of sp³-hybridized carbons (Fsp3) is 0.520. The molecule has 2 aromatic rings. The summed E-state index contributed by atoms with van der Waals surface area (Å²) in [5.74, 6) is -0.183. The number of likely N-dealkylation sites (tertiary alicyclic amines) is 1. The number of benzene rings is 1. The number of ether oxygens (including phenoxy) is 1. The molecule has 1 aliphatic heterocycles. The summed E-state index contributed by atoms with van der Waals surface area (Å²) in [5.41, 5.74) is 0.838. The summed E-state index contributed by atoms with van der Waals surface area (Å²) >= 11 is 0. The number of aryl methyl sites for hydroxylation is 1. The Bertz CT molecular complexity index is 1110. The Morgan fingerprint density at radius 3 is 2.51 bits per heavy atom. The van der Waals surface area contributed by atoms with E-state index < -0.39 is 18.1 Å². The average molecular weight is 553 g/mol. The van der Waals surface area contributed by atoms with Crippen molar-refractivity contribution in [3.63, 3.8) is 0 Å². The van der Waals surface area contributed by atoms with Gasteiger partial charge in [0.15, 0.2) is 0 Å². The lowest BCUT2D eigenvalue weighted by molar-refractivity contribution is -0.274. The van der Waals surface area contributed by atoms with Crippen molar-refractivity contribution >= 4 is 29.4 Å². The number of hydrogen-bond donors (Lipinski definition) is 4. The van der Waals surface area contributed by atoms with Gasteiger partial charge in [0.1, 0.15) is 11.6 Å². The smallest absolute Gasteiger partial charge is 0.406 e. The van der Waals surface area contributed by atoms with Crippen LogP contribution in [0.4, 0.5) is 35.4 Å². The first-order valence-corrected chi connectivity index (χ1v) is 12.6. The zero-order chi connectivity index (χ0) is 28.6. The number of urea groups is 1. The topological polar surface area (TPSA) is 124 Å². The van der Waals surface area contributed by atoms with Crippen molar-refractivity contribution in [2.24, 2.45) is 5.92 Å². The first-order valence-electron chi connectivity index (χ1n) is 12.6. The molecule has 0 aliphatic carbocycles. The van der Waals surface area contributed by atoms with Gasteiger partial charge in [-0.15, -0.1) is 13.2 Å². The Balaban J connectivity index is 1.65. The van der Waals surface area contributed by atoms with Gasteiger partial charge >= 0.3 is 12.4 Å². The van der Waals surface area contributed by atoms with Crippen LogP contribution in [0.2, 0.25) is 0 Å². The standard InChI is InChI=1S/C25H35F3N8O3/c1-5-36-12-10-19(22(37)29-11-13-35(3)4)20(15-36)32-21-14-16(2)30-23(33-21)34-24(38)31-17-6-8-18(9-7-17)39-25(26,27)28/h6-9,14,19-20H,5,10-13,15H2,1-4H3,(H,29,37)(H3,30,31,32,33,34,38). The summed E-state index contributed by atoms with van der Waals surface area (Å²) < 4.78 is 40.8. The summed E-state index contributed by atoms with van der Waals surface area (Å²) in [5, 5.41) is 11.4. The van der Waals surface area contributed by atoms with Crippen LogP contribution < -0.4 is 26.0 Å². The van der Waals surface area contributed by atoms with E-state index in [1.165, 1.54) is 12.1 Å². The summed E-state index contributed by atoms with van der Waals surface area (Å²) in [7, 11) is 3.89. The maximum atomic E-state index is 13.0. The largest absolute Gasteiger partial charge is 0.573 e. The van der Waals surface area contributed by atoms with E-state index in [-0.39, 0.29) is 29.5 Å². The molecule has 0 spiro atoms. The molecule has 3 amide bonds. The molecular formula is C25H35F3N8O3. The van der Waals surface area contributed by atoms with E-state index in [1.54, 1.807) is 13.0 Å². The molecule has 2 heterocycles. The Morgan fingerprint density at radius 2 is 1.87 bits per heavy atom. The summed E-state index contributed by atoms with van der Waals surface area (Å²) in [6.07, 6.45) is -4.10. The highest BCUT2D eigenvalue weighted by atomic mass is 19.4. The molecule has 4 N–H and O–H groups in total. The summed E-state index contributed by atoms with van der Waals surface area (Å²) in [6.45, 7) is 7.45. The van der Waals surface area contributed by atoms with Crippen molar-refractivity contribution in [1.82, 2.24) is 25.1 Å². The lowest BCUT2D eigenvalue weighted by Crippen LogP contribution is -2.53. The molecule has 1 aliphatic rings. The van der Waals surface area contributed by atoms with E-state index >= 15 is 0 Å². The predicted molar refractivity (Wildman–Crippen MR) is 142 cm³/mol. The third-order valence-corrected chi connectivity index (χ3v) is 6.10. The first-order chi connectivity index (χ1) is 18.4. The van der Waals surface area contributed by atoms with E-state index in [2.05, 4.69) is 47.8 Å². The third kappa shape index (κ3) is 9.87. The minimum atomic E-state index is -4.80. The van der Waals surface area contributed by atoms with Gasteiger partial charge < -0.3 is 30.5 Å². The van der Waals surface area contributed by atoms with E-state index in [0.29, 0.717) is 31.0 Å². The lowest BCUT2D eigenvalue weighted by atomic mass is 9.90. The zero-order valence-electron chi connectivity index (χ0n) is 22.4. The second-order valence-corrected chi connectivity index (χ2v) is 9.50. The number of anilines is 3. The Labute approximate surface area is 225 Å². The highest BCUT2D eigenvalue weighted by Gasteiger charge is 2.34. The number of likely N-dealkylation sites (N-methyl/N-ethyl adjacent to an activating group) is 2. The Morgan fingerprint density at radius 1 is 1.15 bits per heavy atom. The quantitative estimate of drug-likeness (QED) is 0.355. The summed E-state index contributed by atoms with van der Waals surface area (Å²) in [4.78, 5) is 38.3. The molecule has 1 fully saturated rings. The van der Waals surface area contributed by atoms with Crippen LogP contribution in [0.1, 0.15) is 19.0 Å². The number of halogens is 3. The van der Waals surface area contributed by atoms with Crippen molar-refractivity contribution < 1.29 is 27.5 Å². The van der Waals surface area contributed by atoms with E-state index in [4.69, 9.17) is 0 Å². The van der Waals surface area contributed by atoms with Crippen molar-refractivity contribution in [2.45, 2.75) is 32.7 Å². The number of amides is 3. The lowest BCUT2D eigenvalue weighted by Gasteiger charge is -2.38. The molecule has 0 saturated carbocycles. The van der Waals surface area contributed by atoms with Crippen LogP contribution in [-0.4, -0.2) is 90.9 Å². The van der Waals surface area contributed by atoms with Gasteiger partial charge in [-0.3, -0.25) is 10.1 Å². The number of alkyl halides is 3. The van der Waals surface area contributed by atoms with Gasteiger partial charge in [0.25, 0.3) is 0 Å². The molecule has 0 bridgehead atoms. The van der Waals surface area contributed by atoms with Gasteiger partial charge in [-0.2, -0.15) is 4.98 Å². The van der Waals surface area contributed by atoms with Crippen molar-refractivity contribution in [3.8, 4) is 5.75 Å². The molecule has 14 heteroatoms. The van der Waals surface area contributed by atoms with Crippen LogP contribution in [0.3, 0.4) is 0 Å². The second-order valence-electron chi connectivity index (χ2n) is 9.50. The molecule has 3 rings (SSSR count). The van der Waals surface area contributed by atoms with Gasteiger partial charge in [0, 0.05) is 37.1 Å². The maximum Gasteiger partial charge on any atom is 0.573 e. The van der Waals surface area contributed by atoms with E-state index in [1.807, 2.05) is 19.0 Å². The van der Waals surface area contributed by atoms with Gasteiger partial charge in [0.05, 0.1) is 12.0 Å². The van der Waals surface area contributed by atoms with Crippen LogP contribution in [0.5, 0.6) is 5.75 Å². The molecule has 2 atom stereocenters. The van der Waals surface area contributed by atoms with Crippen LogP contribution in [0.15, 0.2) is 30.3 Å². The van der Waals surface area contributed by atoms with Gasteiger partial charge in [0.2, 0.25) is 11.9 Å². The number of piperidine rings is 1. The van der Waals surface area contributed by atoms with Gasteiger partial charge in [-0.05, 0) is 64.8 Å². The van der Waals surface area contributed by atoms with Crippen LogP contribution in [0, 0.1) is 12.8 Å². The highest BCUT2D eigenvalue weighted by Crippen LogP contribution is 2.25. The van der Waals surface area contributed by atoms with E-state index in [9.17, 15) is 22.8 Å². The molecule has 214 valence electrons. The molecule has 39 heavy (non-hydrogen) atoms. The average Bonchev–Trinajstić information content (AvgIpc) is 2.83. The maximum absolute atomic E-state index is 13.0. The Kier molecular flexibility index (Phi) is 10.3. The number of nitrogens with zero attached hydrogens (tertiary/aromatic N) is 4. The molecule has 1 aromatic carbocycles. The number of aromatic nitrogens is 2. The second kappa shape index (κ2) is 13.4. The van der Waals surface area contributed by atoms with Gasteiger partial charge in [-0.25, -0.2) is 9.78 Å².